The van der Waals surface area contributed by atoms with Crippen LogP contribution < -0.4 is 5.73 Å². The van der Waals surface area contributed by atoms with Crippen LogP contribution in [0.1, 0.15) is 26.7 Å². The fourth-order valence-corrected chi connectivity index (χ4v) is 2.04. The molecule has 88 valence electrons. The third-order valence-corrected chi connectivity index (χ3v) is 2.78. The van der Waals surface area contributed by atoms with Crippen molar-refractivity contribution in [3.05, 3.63) is 12.2 Å². The van der Waals surface area contributed by atoms with Gasteiger partial charge in [-0.25, -0.2) is 0 Å². The van der Waals surface area contributed by atoms with Crippen LogP contribution in [0.4, 0.5) is 0 Å². The van der Waals surface area contributed by atoms with E-state index in [4.69, 9.17) is 10.5 Å². The van der Waals surface area contributed by atoms with Gasteiger partial charge in [0.1, 0.15) is 0 Å². The van der Waals surface area contributed by atoms with Gasteiger partial charge in [-0.3, -0.25) is 4.90 Å². The molecule has 1 aliphatic rings. The van der Waals surface area contributed by atoms with E-state index in [0.29, 0.717) is 0 Å². The molecule has 2 N–H and O–H groups in total. The van der Waals surface area contributed by atoms with Crippen LogP contribution in [0.2, 0.25) is 0 Å². The van der Waals surface area contributed by atoms with Crippen molar-refractivity contribution in [3.63, 3.8) is 0 Å². The Kier molecular flexibility index (Phi) is 5.29. The van der Waals surface area contributed by atoms with Crippen molar-refractivity contribution in [1.29, 1.82) is 0 Å². The molecule has 15 heavy (non-hydrogen) atoms. The van der Waals surface area contributed by atoms with Gasteiger partial charge in [-0.05, 0) is 26.3 Å². The summed E-state index contributed by atoms with van der Waals surface area (Å²) in [6.45, 7) is 12.1. The Hall–Kier alpha value is -0.380. The van der Waals surface area contributed by atoms with E-state index in [1.807, 2.05) is 6.92 Å². The number of morpholine rings is 1. The minimum atomic E-state index is 0.0992. The van der Waals surface area contributed by atoms with Gasteiger partial charge in [0.15, 0.2) is 0 Å². The lowest BCUT2D eigenvalue weighted by Crippen LogP contribution is -2.50. The average Bonchev–Trinajstić information content (AvgIpc) is 2.17. The molecule has 1 aliphatic heterocycles. The summed E-state index contributed by atoms with van der Waals surface area (Å²) in [5.41, 5.74) is 7.23. The van der Waals surface area contributed by atoms with E-state index in [9.17, 15) is 0 Å². The van der Waals surface area contributed by atoms with Gasteiger partial charge in [0, 0.05) is 19.1 Å². The number of nitrogens with two attached hydrogens (primary N) is 1. The van der Waals surface area contributed by atoms with E-state index in [0.717, 1.165) is 38.2 Å². The first-order valence-electron chi connectivity index (χ1n) is 5.87. The molecule has 0 aliphatic carbocycles. The molecular formula is C12H24N2O. The lowest BCUT2D eigenvalue weighted by Gasteiger charge is -2.35. The zero-order valence-electron chi connectivity index (χ0n) is 10.0. The van der Waals surface area contributed by atoms with Crippen molar-refractivity contribution >= 4 is 0 Å². The van der Waals surface area contributed by atoms with E-state index in [2.05, 4.69) is 18.4 Å². The molecule has 0 aromatic rings. The second kappa shape index (κ2) is 6.26. The summed E-state index contributed by atoms with van der Waals surface area (Å²) in [4.78, 5) is 2.44. The Morgan fingerprint density at radius 1 is 1.67 bits per heavy atom. The van der Waals surface area contributed by atoms with Gasteiger partial charge < -0.3 is 10.5 Å². The highest BCUT2D eigenvalue weighted by Gasteiger charge is 2.25. The lowest BCUT2D eigenvalue weighted by molar-refractivity contribution is -0.0400. The molecular weight excluding hydrogens is 188 g/mol. The first kappa shape index (κ1) is 12.7. The summed E-state index contributed by atoms with van der Waals surface area (Å²) >= 11 is 0. The second-order valence-corrected chi connectivity index (χ2v) is 4.53. The van der Waals surface area contributed by atoms with E-state index >= 15 is 0 Å². The van der Waals surface area contributed by atoms with Gasteiger partial charge in [0.05, 0.1) is 12.7 Å². The first-order valence-corrected chi connectivity index (χ1v) is 5.87. The normalized spacial score (nSPS) is 25.1. The third-order valence-electron chi connectivity index (χ3n) is 2.78. The maximum absolute atomic E-state index is 6.10. The van der Waals surface area contributed by atoms with Crippen molar-refractivity contribution in [2.75, 3.05) is 26.2 Å². The van der Waals surface area contributed by atoms with Gasteiger partial charge in [0.2, 0.25) is 0 Å². The summed E-state index contributed by atoms with van der Waals surface area (Å²) < 4.78 is 5.71. The number of hydrogen-bond donors (Lipinski definition) is 1. The van der Waals surface area contributed by atoms with Crippen molar-refractivity contribution in [1.82, 2.24) is 4.90 Å². The average molecular weight is 212 g/mol. The van der Waals surface area contributed by atoms with Gasteiger partial charge in [-0.15, -0.1) is 6.58 Å². The van der Waals surface area contributed by atoms with Crippen molar-refractivity contribution in [3.8, 4) is 0 Å². The Morgan fingerprint density at radius 2 is 2.40 bits per heavy atom. The molecule has 0 bridgehead atoms. The number of hydrogen-bond acceptors (Lipinski definition) is 3. The minimum Gasteiger partial charge on any atom is -0.374 e. The highest BCUT2D eigenvalue weighted by atomic mass is 16.5. The van der Waals surface area contributed by atoms with Gasteiger partial charge in [-0.2, -0.15) is 0 Å². The van der Waals surface area contributed by atoms with Crippen molar-refractivity contribution in [2.24, 2.45) is 5.73 Å². The monoisotopic (exact) mass is 212 g/mol. The maximum Gasteiger partial charge on any atom is 0.0856 e. The Bertz CT molecular complexity index is 204. The van der Waals surface area contributed by atoms with E-state index in [-0.39, 0.29) is 12.1 Å². The molecule has 0 radical (unpaired) electrons. The molecule has 1 fully saturated rings. The highest BCUT2D eigenvalue weighted by molar-refractivity contribution is 4.95. The summed E-state index contributed by atoms with van der Waals surface area (Å²) in [5.74, 6) is 0. The molecule has 0 aromatic carbocycles. The largest absolute Gasteiger partial charge is 0.374 e. The summed E-state index contributed by atoms with van der Waals surface area (Å²) in [5, 5.41) is 0. The Labute approximate surface area is 93.3 Å². The van der Waals surface area contributed by atoms with Gasteiger partial charge in [-0.1, -0.05) is 12.5 Å². The van der Waals surface area contributed by atoms with Gasteiger partial charge >= 0.3 is 0 Å². The SMILES string of the molecule is C=C(C)CC(N)C1CN(CCC)CCO1. The number of nitrogens with zero attached hydrogens (tertiary/aromatic N) is 1. The molecule has 3 nitrogen and oxygen atoms in total. The fraction of sp³-hybridized carbons (Fsp3) is 0.833. The molecule has 1 rings (SSSR count). The molecule has 1 heterocycles. The highest BCUT2D eigenvalue weighted by Crippen LogP contribution is 2.12. The van der Waals surface area contributed by atoms with Crippen LogP contribution in [-0.2, 0) is 4.74 Å². The van der Waals surface area contributed by atoms with Crippen LogP contribution in [0.3, 0.4) is 0 Å². The van der Waals surface area contributed by atoms with E-state index < -0.39 is 0 Å². The summed E-state index contributed by atoms with van der Waals surface area (Å²) in [6.07, 6.45) is 2.24. The number of rotatable bonds is 5. The molecule has 0 amide bonds. The topological polar surface area (TPSA) is 38.5 Å². The van der Waals surface area contributed by atoms with Crippen LogP contribution in [0.5, 0.6) is 0 Å². The summed E-state index contributed by atoms with van der Waals surface area (Å²) in [6, 6.07) is 0.0992. The minimum absolute atomic E-state index is 0.0992. The summed E-state index contributed by atoms with van der Waals surface area (Å²) in [7, 11) is 0. The van der Waals surface area contributed by atoms with Crippen molar-refractivity contribution < 1.29 is 4.74 Å². The van der Waals surface area contributed by atoms with E-state index in [1.54, 1.807) is 0 Å². The molecule has 1 saturated heterocycles. The first-order chi connectivity index (χ1) is 7.13. The lowest BCUT2D eigenvalue weighted by atomic mass is 10.0. The third kappa shape index (κ3) is 4.33. The van der Waals surface area contributed by atoms with Crippen LogP contribution in [0.15, 0.2) is 12.2 Å². The Morgan fingerprint density at radius 3 is 3.00 bits per heavy atom. The zero-order valence-corrected chi connectivity index (χ0v) is 10.0. The smallest absolute Gasteiger partial charge is 0.0856 e. The maximum atomic E-state index is 6.10. The molecule has 2 atom stereocenters. The zero-order chi connectivity index (χ0) is 11.3. The van der Waals surface area contributed by atoms with Crippen molar-refractivity contribution in [2.45, 2.75) is 38.8 Å². The molecule has 0 saturated carbocycles. The second-order valence-electron chi connectivity index (χ2n) is 4.53. The number of ether oxygens (including phenoxy) is 1. The van der Waals surface area contributed by atoms with E-state index in [1.165, 1.54) is 6.42 Å². The molecule has 2 unspecified atom stereocenters. The molecule has 0 spiro atoms. The quantitative estimate of drug-likeness (QED) is 0.700. The van der Waals surface area contributed by atoms with Crippen LogP contribution in [0, 0.1) is 0 Å². The standard InChI is InChI=1S/C12H24N2O/c1-4-5-14-6-7-15-12(9-14)11(13)8-10(2)3/h11-12H,2,4-9,13H2,1,3H3. The van der Waals surface area contributed by atoms with Gasteiger partial charge in [0.25, 0.3) is 0 Å². The van der Waals surface area contributed by atoms with Crippen LogP contribution >= 0.6 is 0 Å². The fourth-order valence-electron chi connectivity index (χ4n) is 2.04. The predicted octanol–water partition coefficient (Wildman–Crippen LogP) is 1.39. The predicted molar refractivity (Wildman–Crippen MR) is 63.9 cm³/mol. The molecule has 0 aromatic heterocycles. The molecule has 3 heteroatoms. The van der Waals surface area contributed by atoms with Crippen LogP contribution in [0.25, 0.3) is 0 Å². The van der Waals surface area contributed by atoms with Crippen LogP contribution in [-0.4, -0.2) is 43.3 Å². The Balaban J connectivity index is 2.37.